The van der Waals surface area contributed by atoms with Gasteiger partial charge in [-0.2, -0.15) is 0 Å². The van der Waals surface area contributed by atoms with Gasteiger partial charge in [-0.1, -0.05) is 13.8 Å². The van der Waals surface area contributed by atoms with Gasteiger partial charge in [0.25, 0.3) is 0 Å². The van der Waals surface area contributed by atoms with Gasteiger partial charge in [-0.15, -0.1) is 0 Å². The first-order valence-corrected chi connectivity index (χ1v) is 9.86. The molecule has 1 N–H and O–H groups in total. The average molecular weight is 384 g/mol. The second kappa shape index (κ2) is 6.69. The molecule has 2 unspecified atom stereocenters. The highest BCUT2D eigenvalue weighted by molar-refractivity contribution is 5.76. The van der Waals surface area contributed by atoms with E-state index in [9.17, 15) is 9.59 Å². The first-order chi connectivity index (χ1) is 12.7. The lowest BCUT2D eigenvalue weighted by Gasteiger charge is -2.59. The van der Waals surface area contributed by atoms with Crippen molar-refractivity contribution >= 4 is 11.9 Å². The summed E-state index contributed by atoms with van der Waals surface area (Å²) in [6.45, 7) is 6.06. The molecule has 27 heavy (non-hydrogen) atoms. The second-order valence-corrected chi connectivity index (χ2v) is 8.66. The molecule has 4 aliphatic heterocycles. The molecule has 0 amide bonds. The summed E-state index contributed by atoms with van der Waals surface area (Å²) in [4.78, 5) is 34.5. The number of carbonyl (C=O) groups excluding carboxylic acids is 1. The molecule has 2 bridgehead atoms. The number of rotatable bonds is 4. The third kappa shape index (κ3) is 3.06. The second-order valence-electron chi connectivity index (χ2n) is 8.66. The van der Waals surface area contributed by atoms with Crippen molar-refractivity contribution < 1.29 is 38.7 Å². The summed E-state index contributed by atoms with van der Waals surface area (Å²) in [6, 6.07) is 0. The fourth-order valence-electron chi connectivity index (χ4n) is 5.40. The molecule has 8 nitrogen and oxygen atoms in total. The molecule has 1 spiro atoms. The highest BCUT2D eigenvalue weighted by Gasteiger charge is 2.69. The van der Waals surface area contributed by atoms with Crippen LogP contribution in [0.25, 0.3) is 0 Å². The highest BCUT2D eigenvalue weighted by atomic mass is 17.3. The number of carbonyl (C=O) groups is 2. The van der Waals surface area contributed by atoms with Crippen LogP contribution in [-0.2, 0) is 33.6 Å². The zero-order chi connectivity index (χ0) is 19.4. The fraction of sp³-hybridized carbons (Fsp3) is 0.895. The van der Waals surface area contributed by atoms with Crippen LogP contribution in [0, 0.1) is 23.7 Å². The molecule has 1 aliphatic carbocycles. The molecule has 5 fully saturated rings. The summed E-state index contributed by atoms with van der Waals surface area (Å²) in [5.41, 5.74) is -0.697. The number of aliphatic carboxylic acids is 1. The van der Waals surface area contributed by atoms with Crippen LogP contribution in [0.5, 0.6) is 0 Å². The number of fused-ring (bicyclic) bond motifs is 2. The number of carboxylic acids is 1. The quantitative estimate of drug-likeness (QED) is 0.583. The van der Waals surface area contributed by atoms with Crippen LogP contribution in [0.3, 0.4) is 0 Å². The predicted octanol–water partition coefficient (Wildman–Crippen LogP) is 2.60. The van der Waals surface area contributed by atoms with Crippen LogP contribution in [0.2, 0.25) is 0 Å². The van der Waals surface area contributed by atoms with Crippen LogP contribution < -0.4 is 0 Å². The molecular formula is C19H28O8. The Hall–Kier alpha value is -1.22. The van der Waals surface area contributed by atoms with Gasteiger partial charge in [0.1, 0.15) is 0 Å². The Balaban J connectivity index is 1.58. The molecule has 0 aromatic rings. The van der Waals surface area contributed by atoms with Crippen molar-refractivity contribution in [3.8, 4) is 0 Å². The molecule has 4 heterocycles. The Morgan fingerprint density at radius 3 is 2.63 bits per heavy atom. The molecule has 5 aliphatic rings. The summed E-state index contributed by atoms with van der Waals surface area (Å²) >= 11 is 0. The lowest BCUT2D eigenvalue weighted by atomic mass is 9.58. The lowest BCUT2D eigenvalue weighted by molar-refractivity contribution is -0.576. The number of ether oxygens (including phenoxy) is 3. The molecule has 5 rings (SSSR count). The van der Waals surface area contributed by atoms with E-state index in [1.54, 1.807) is 0 Å². The molecule has 1 saturated carbocycles. The van der Waals surface area contributed by atoms with Gasteiger partial charge in [0.15, 0.2) is 11.9 Å². The normalized spacial score (nSPS) is 48.4. The van der Waals surface area contributed by atoms with Gasteiger partial charge in [-0.25, -0.2) is 9.78 Å². The van der Waals surface area contributed by atoms with Crippen molar-refractivity contribution in [2.75, 3.05) is 0 Å². The first kappa shape index (κ1) is 19.1. The Bertz CT molecular complexity index is 623. The van der Waals surface area contributed by atoms with E-state index < -0.39 is 35.9 Å². The predicted molar refractivity (Wildman–Crippen MR) is 89.8 cm³/mol. The number of esters is 1. The van der Waals surface area contributed by atoms with Gasteiger partial charge in [0, 0.05) is 18.3 Å². The summed E-state index contributed by atoms with van der Waals surface area (Å²) in [6.07, 6.45) is 1.72. The van der Waals surface area contributed by atoms with Crippen LogP contribution in [0.15, 0.2) is 0 Å². The minimum atomic E-state index is -1.03. The van der Waals surface area contributed by atoms with Crippen LogP contribution >= 0.6 is 0 Å². The minimum absolute atomic E-state index is 0.0670. The molecular weight excluding hydrogens is 356 g/mol. The van der Waals surface area contributed by atoms with Gasteiger partial charge >= 0.3 is 11.9 Å². The van der Waals surface area contributed by atoms with Crippen LogP contribution in [-0.4, -0.2) is 41.0 Å². The zero-order valence-corrected chi connectivity index (χ0v) is 16.0. The van der Waals surface area contributed by atoms with Crippen molar-refractivity contribution in [2.24, 2.45) is 23.7 Å². The lowest BCUT2D eigenvalue weighted by Crippen LogP contribution is -2.70. The highest BCUT2D eigenvalue weighted by Crippen LogP contribution is 2.60. The minimum Gasteiger partial charge on any atom is -0.481 e. The van der Waals surface area contributed by atoms with E-state index in [1.165, 1.54) is 0 Å². The van der Waals surface area contributed by atoms with E-state index in [0.717, 1.165) is 19.3 Å². The monoisotopic (exact) mass is 384 g/mol. The zero-order valence-electron chi connectivity index (χ0n) is 16.0. The third-order valence-electron chi connectivity index (χ3n) is 6.89. The Kier molecular flexibility index (Phi) is 4.73. The summed E-state index contributed by atoms with van der Waals surface area (Å²) < 4.78 is 17.8. The van der Waals surface area contributed by atoms with Gasteiger partial charge in [-0.05, 0) is 38.0 Å². The van der Waals surface area contributed by atoms with Crippen molar-refractivity contribution in [1.82, 2.24) is 0 Å². The third-order valence-corrected chi connectivity index (χ3v) is 6.89. The molecule has 8 heteroatoms. The number of carboxylic acid groups (broad SMARTS) is 1. The SMILES string of the molecule is C[C@@H]1CCC2[C@@H](C)[C@@H](OC(=O)CCC(=O)O)O[C@@H]3O[C@]4(C)CCC1[C@@]23OO4. The topological polar surface area (TPSA) is 101 Å². The van der Waals surface area contributed by atoms with Crippen molar-refractivity contribution in [1.29, 1.82) is 0 Å². The van der Waals surface area contributed by atoms with E-state index in [4.69, 9.17) is 29.1 Å². The molecule has 152 valence electrons. The van der Waals surface area contributed by atoms with Gasteiger partial charge in [-0.3, -0.25) is 9.59 Å². The summed E-state index contributed by atoms with van der Waals surface area (Å²) in [7, 11) is 0. The van der Waals surface area contributed by atoms with Crippen molar-refractivity contribution in [3.63, 3.8) is 0 Å². The van der Waals surface area contributed by atoms with E-state index in [-0.39, 0.29) is 30.6 Å². The molecule has 0 radical (unpaired) electrons. The molecule has 8 atom stereocenters. The maximum Gasteiger partial charge on any atom is 0.308 e. The van der Waals surface area contributed by atoms with Crippen molar-refractivity contribution in [3.05, 3.63) is 0 Å². The van der Waals surface area contributed by atoms with Crippen LogP contribution in [0.4, 0.5) is 0 Å². The maximum absolute atomic E-state index is 12.1. The largest absolute Gasteiger partial charge is 0.481 e. The Morgan fingerprint density at radius 1 is 1.11 bits per heavy atom. The summed E-state index contributed by atoms with van der Waals surface area (Å²) in [5.74, 6) is -1.82. The Labute approximate surface area is 158 Å². The first-order valence-electron chi connectivity index (χ1n) is 9.86. The Morgan fingerprint density at radius 2 is 1.89 bits per heavy atom. The fourth-order valence-corrected chi connectivity index (χ4v) is 5.40. The maximum atomic E-state index is 12.1. The van der Waals surface area contributed by atoms with Crippen LogP contribution in [0.1, 0.15) is 59.3 Å². The van der Waals surface area contributed by atoms with E-state index in [2.05, 4.69) is 6.92 Å². The molecule has 0 aromatic carbocycles. The number of hydrogen-bond donors (Lipinski definition) is 1. The molecule has 0 aromatic heterocycles. The van der Waals surface area contributed by atoms with Gasteiger partial charge in [0.05, 0.1) is 12.8 Å². The van der Waals surface area contributed by atoms with E-state index in [0.29, 0.717) is 12.3 Å². The van der Waals surface area contributed by atoms with Gasteiger partial charge in [0.2, 0.25) is 12.1 Å². The van der Waals surface area contributed by atoms with Crippen molar-refractivity contribution in [2.45, 2.75) is 83.3 Å². The smallest absolute Gasteiger partial charge is 0.308 e. The van der Waals surface area contributed by atoms with E-state index >= 15 is 0 Å². The van der Waals surface area contributed by atoms with Gasteiger partial charge < -0.3 is 19.3 Å². The molecule has 4 saturated heterocycles. The standard InChI is InChI=1S/C19H28O8/c1-10-4-5-13-11(2)16(23-15(22)7-6-14(20)21)24-17-19(13)12(10)8-9-18(3,25-17)26-27-19/h10-13,16-17H,4-9H2,1-3H3,(H,20,21)/t10-,11-,12?,13?,16+,17-,18+,19-/m1/s1. The van der Waals surface area contributed by atoms with E-state index in [1.807, 2.05) is 13.8 Å². The average Bonchev–Trinajstić information content (AvgIpc) is 2.84. The summed E-state index contributed by atoms with van der Waals surface area (Å²) in [5, 5.41) is 8.76. The number of hydrogen-bond acceptors (Lipinski definition) is 7.